The lowest BCUT2D eigenvalue weighted by molar-refractivity contribution is -0.120. The predicted molar refractivity (Wildman–Crippen MR) is 77.4 cm³/mol. The number of nitrogens with one attached hydrogen (secondary N) is 2. The number of fused-ring (bicyclic) bond motifs is 1. The summed E-state index contributed by atoms with van der Waals surface area (Å²) < 4.78 is 18.6. The van der Waals surface area contributed by atoms with Crippen LogP contribution in [0.3, 0.4) is 0 Å². The molecule has 0 bridgehead atoms. The number of rotatable bonds is 6. The van der Waals surface area contributed by atoms with E-state index in [2.05, 4.69) is 10.6 Å². The first kappa shape index (κ1) is 15.3. The number of benzene rings is 1. The van der Waals surface area contributed by atoms with Crippen molar-refractivity contribution in [2.45, 2.75) is 17.4 Å². The first-order chi connectivity index (χ1) is 9.72. The van der Waals surface area contributed by atoms with Crippen molar-refractivity contribution in [3.63, 3.8) is 0 Å². The van der Waals surface area contributed by atoms with Crippen molar-refractivity contribution in [1.29, 1.82) is 0 Å². The smallest absolute Gasteiger partial charge is 0.234 e. The Morgan fingerprint density at radius 2 is 2.40 bits per heavy atom. The van der Waals surface area contributed by atoms with Crippen molar-refractivity contribution >= 4 is 17.7 Å². The quantitative estimate of drug-likeness (QED) is 0.785. The van der Waals surface area contributed by atoms with Gasteiger partial charge in [-0.2, -0.15) is 0 Å². The third kappa shape index (κ3) is 3.94. The first-order valence-electron chi connectivity index (χ1n) is 6.62. The van der Waals surface area contributed by atoms with Gasteiger partial charge >= 0.3 is 0 Å². The number of carbonyl (C=O) groups is 1. The summed E-state index contributed by atoms with van der Waals surface area (Å²) in [4.78, 5) is 12.3. The topological polar surface area (TPSA) is 50.4 Å². The fraction of sp³-hybridized carbons (Fsp3) is 0.500. The third-order valence-electron chi connectivity index (χ3n) is 3.16. The Bertz CT molecular complexity index is 470. The summed E-state index contributed by atoms with van der Waals surface area (Å²) in [7, 11) is 1.59. The molecule has 1 aliphatic heterocycles. The van der Waals surface area contributed by atoms with Crippen LogP contribution in [0.1, 0.15) is 18.0 Å². The highest BCUT2D eigenvalue weighted by Crippen LogP contribution is 2.37. The average Bonchev–Trinajstić information content (AvgIpc) is 2.46. The van der Waals surface area contributed by atoms with Crippen molar-refractivity contribution in [1.82, 2.24) is 10.6 Å². The minimum atomic E-state index is -0.177. The second-order valence-electron chi connectivity index (χ2n) is 4.57. The maximum absolute atomic E-state index is 13.7. The van der Waals surface area contributed by atoms with Crippen LogP contribution >= 0.6 is 11.8 Å². The van der Waals surface area contributed by atoms with Crippen LogP contribution in [0.5, 0.6) is 0 Å². The molecule has 4 nitrogen and oxygen atoms in total. The molecule has 20 heavy (non-hydrogen) atoms. The normalized spacial score (nSPS) is 17.6. The summed E-state index contributed by atoms with van der Waals surface area (Å²) >= 11 is 1.54. The molecule has 0 radical (unpaired) electrons. The highest BCUT2D eigenvalue weighted by Gasteiger charge is 2.23. The Morgan fingerprint density at radius 3 is 3.20 bits per heavy atom. The Balaban J connectivity index is 1.89. The monoisotopic (exact) mass is 298 g/mol. The molecule has 0 spiro atoms. The third-order valence-corrected chi connectivity index (χ3v) is 4.32. The number of thioether (sulfide) groups is 1. The Hall–Kier alpha value is -1.11. The van der Waals surface area contributed by atoms with Crippen molar-refractivity contribution in [3.05, 3.63) is 29.6 Å². The molecule has 1 unspecified atom stereocenters. The summed E-state index contributed by atoms with van der Waals surface area (Å²) in [6.45, 7) is 1.23. The van der Waals surface area contributed by atoms with Crippen LogP contribution in [0.4, 0.5) is 4.39 Å². The van der Waals surface area contributed by atoms with Gasteiger partial charge in [0.1, 0.15) is 5.82 Å². The number of amides is 1. The molecule has 1 aliphatic rings. The van der Waals surface area contributed by atoms with Crippen molar-refractivity contribution < 1.29 is 13.9 Å². The fourth-order valence-electron chi connectivity index (χ4n) is 2.17. The van der Waals surface area contributed by atoms with E-state index in [0.717, 1.165) is 17.7 Å². The van der Waals surface area contributed by atoms with Gasteiger partial charge in [-0.25, -0.2) is 4.39 Å². The predicted octanol–water partition coefficient (Wildman–Crippen LogP) is 1.71. The number of hydrogen-bond acceptors (Lipinski definition) is 4. The number of carbonyl (C=O) groups excluding carboxylic acids is 1. The molecule has 2 N–H and O–H groups in total. The Morgan fingerprint density at radius 1 is 1.55 bits per heavy atom. The van der Waals surface area contributed by atoms with E-state index in [-0.39, 0.29) is 24.3 Å². The molecule has 1 heterocycles. The lowest BCUT2D eigenvalue weighted by Gasteiger charge is -2.26. The number of methoxy groups -OCH3 is 1. The van der Waals surface area contributed by atoms with Crippen molar-refractivity contribution in [2.75, 3.05) is 32.6 Å². The van der Waals surface area contributed by atoms with Crippen LogP contribution in [0.25, 0.3) is 0 Å². The van der Waals surface area contributed by atoms with E-state index in [1.807, 2.05) is 6.07 Å². The van der Waals surface area contributed by atoms with Gasteiger partial charge in [-0.1, -0.05) is 12.1 Å². The molecular weight excluding hydrogens is 279 g/mol. The van der Waals surface area contributed by atoms with E-state index in [0.29, 0.717) is 18.0 Å². The van der Waals surface area contributed by atoms with Gasteiger partial charge in [0.25, 0.3) is 0 Å². The van der Waals surface area contributed by atoms with Gasteiger partial charge < -0.3 is 15.4 Å². The fourth-order valence-corrected chi connectivity index (χ4v) is 3.31. The van der Waals surface area contributed by atoms with E-state index in [9.17, 15) is 9.18 Å². The zero-order chi connectivity index (χ0) is 14.4. The van der Waals surface area contributed by atoms with Crippen LogP contribution in [0.15, 0.2) is 23.1 Å². The van der Waals surface area contributed by atoms with Gasteiger partial charge in [-0.15, -0.1) is 11.8 Å². The van der Waals surface area contributed by atoms with Crippen LogP contribution in [0, 0.1) is 5.82 Å². The van der Waals surface area contributed by atoms with E-state index >= 15 is 0 Å². The summed E-state index contributed by atoms with van der Waals surface area (Å²) in [6.07, 6.45) is 0.895. The Labute approximate surface area is 122 Å². The van der Waals surface area contributed by atoms with Crippen LogP contribution in [-0.2, 0) is 9.53 Å². The molecule has 0 aromatic heterocycles. The molecule has 6 heteroatoms. The highest BCUT2D eigenvalue weighted by atomic mass is 32.2. The standard InChI is InChI=1S/C14H19FN2O2S/c1-19-7-6-16-13(18)9-17-12-5-8-20-14-10(12)3-2-4-11(14)15/h2-4,12,17H,5-9H2,1H3,(H,16,18). The average molecular weight is 298 g/mol. The Kier molecular flexibility index (Phi) is 5.82. The molecule has 0 saturated heterocycles. The van der Waals surface area contributed by atoms with Gasteiger partial charge in [0.2, 0.25) is 5.91 Å². The molecule has 1 amide bonds. The minimum Gasteiger partial charge on any atom is -0.383 e. The molecule has 110 valence electrons. The second-order valence-corrected chi connectivity index (χ2v) is 5.68. The molecule has 0 aliphatic carbocycles. The SMILES string of the molecule is COCCNC(=O)CNC1CCSc2c(F)cccc21. The van der Waals surface area contributed by atoms with Crippen LogP contribution in [-0.4, -0.2) is 38.5 Å². The van der Waals surface area contributed by atoms with E-state index < -0.39 is 0 Å². The van der Waals surface area contributed by atoms with Gasteiger partial charge in [0.05, 0.1) is 13.2 Å². The zero-order valence-electron chi connectivity index (χ0n) is 11.4. The van der Waals surface area contributed by atoms with Crippen LogP contribution < -0.4 is 10.6 Å². The first-order valence-corrected chi connectivity index (χ1v) is 7.61. The van der Waals surface area contributed by atoms with Gasteiger partial charge in [-0.3, -0.25) is 4.79 Å². The van der Waals surface area contributed by atoms with Crippen molar-refractivity contribution in [3.8, 4) is 0 Å². The van der Waals surface area contributed by atoms with Gasteiger partial charge in [0, 0.05) is 24.6 Å². The number of ether oxygens (including phenoxy) is 1. The summed E-state index contributed by atoms with van der Waals surface area (Å²) in [5.74, 6) is 0.610. The summed E-state index contributed by atoms with van der Waals surface area (Å²) in [5.41, 5.74) is 0.950. The largest absolute Gasteiger partial charge is 0.383 e. The number of halogens is 1. The highest BCUT2D eigenvalue weighted by molar-refractivity contribution is 7.99. The lowest BCUT2D eigenvalue weighted by Crippen LogP contribution is -2.37. The molecule has 1 atom stereocenters. The molecule has 0 fully saturated rings. The zero-order valence-corrected chi connectivity index (χ0v) is 12.3. The molecule has 2 rings (SSSR count). The molecular formula is C14H19FN2O2S. The van der Waals surface area contributed by atoms with Crippen molar-refractivity contribution in [2.24, 2.45) is 0 Å². The second kappa shape index (κ2) is 7.61. The number of hydrogen-bond donors (Lipinski definition) is 2. The van der Waals surface area contributed by atoms with E-state index in [4.69, 9.17) is 4.74 Å². The maximum Gasteiger partial charge on any atom is 0.234 e. The van der Waals surface area contributed by atoms with Crippen LogP contribution in [0.2, 0.25) is 0 Å². The molecule has 0 saturated carbocycles. The molecule has 1 aromatic carbocycles. The van der Waals surface area contributed by atoms with E-state index in [1.54, 1.807) is 13.2 Å². The van der Waals surface area contributed by atoms with E-state index in [1.165, 1.54) is 17.8 Å². The maximum atomic E-state index is 13.7. The summed E-state index contributed by atoms with van der Waals surface area (Å²) in [5, 5.41) is 5.95. The van der Waals surface area contributed by atoms with Gasteiger partial charge in [-0.05, 0) is 23.8 Å². The summed E-state index contributed by atoms with van der Waals surface area (Å²) in [6, 6.07) is 5.15. The van der Waals surface area contributed by atoms with Gasteiger partial charge in [0.15, 0.2) is 0 Å². The molecule has 1 aromatic rings. The lowest BCUT2D eigenvalue weighted by atomic mass is 10.0. The minimum absolute atomic E-state index is 0.0372.